The van der Waals surface area contributed by atoms with Crippen molar-refractivity contribution in [3.05, 3.63) is 58.1 Å². The van der Waals surface area contributed by atoms with Gasteiger partial charge in [0, 0.05) is 29.4 Å². The van der Waals surface area contributed by atoms with Crippen LogP contribution in [0, 0.1) is 0 Å². The van der Waals surface area contributed by atoms with Crippen molar-refractivity contribution in [3.63, 3.8) is 0 Å². The summed E-state index contributed by atoms with van der Waals surface area (Å²) >= 11 is 6.30. The molecule has 0 unspecified atom stereocenters. The first kappa shape index (κ1) is 20.8. The van der Waals surface area contributed by atoms with E-state index in [-0.39, 0.29) is 10.8 Å². The van der Waals surface area contributed by atoms with Gasteiger partial charge in [0.25, 0.3) is 5.91 Å². The molecule has 2 aromatic rings. The van der Waals surface area contributed by atoms with Crippen molar-refractivity contribution in [2.24, 2.45) is 0 Å². The highest BCUT2D eigenvalue weighted by Gasteiger charge is 2.27. The Hall–Kier alpha value is -1.89. The largest absolute Gasteiger partial charge is 0.321 e. The molecule has 1 aliphatic rings. The molecule has 0 aliphatic carbocycles. The molecule has 1 amide bonds. The number of nitrogens with one attached hydrogen (secondary N) is 1. The van der Waals surface area contributed by atoms with Gasteiger partial charge in [-0.3, -0.25) is 4.79 Å². The summed E-state index contributed by atoms with van der Waals surface area (Å²) in [7, 11) is -3.48. The van der Waals surface area contributed by atoms with Gasteiger partial charge in [-0.2, -0.15) is 4.31 Å². The molecule has 0 aromatic heterocycles. The zero-order valence-corrected chi connectivity index (χ0v) is 17.7. The minimum Gasteiger partial charge on any atom is -0.321 e. The van der Waals surface area contributed by atoms with E-state index in [2.05, 4.69) is 5.32 Å². The molecule has 0 radical (unpaired) electrons. The number of halogens is 1. The molecule has 0 saturated carbocycles. The van der Waals surface area contributed by atoms with E-state index < -0.39 is 10.0 Å². The fourth-order valence-corrected chi connectivity index (χ4v) is 5.32. The van der Waals surface area contributed by atoms with Crippen LogP contribution in [0.1, 0.15) is 48.2 Å². The maximum atomic E-state index is 12.8. The lowest BCUT2D eigenvalue weighted by Gasteiger charge is -2.17. The molecule has 7 heteroatoms. The highest BCUT2D eigenvalue weighted by molar-refractivity contribution is 7.89. The molecule has 0 atom stereocenters. The minimum atomic E-state index is -3.48. The van der Waals surface area contributed by atoms with E-state index in [1.54, 1.807) is 12.1 Å². The van der Waals surface area contributed by atoms with Gasteiger partial charge in [0.2, 0.25) is 10.0 Å². The third-order valence-corrected chi connectivity index (χ3v) is 7.40. The molecule has 3 rings (SSSR count). The summed E-state index contributed by atoms with van der Waals surface area (Å²) in [5, 5.41) is 3.60. The molecular formula is C21H25ClN2O3S. The second-order valence-electron chi connectivity index (χ2n) is 6.86. The lowest BCUT2D eigenvalue weighted by atomic mass is 10.0. The van der Waals surface area contributed by atoms with E-state index in [4.69, 9.17) is 11.6 Å². The second-order valence-corrected chi connectivity index (χ2v) is 9.20. The molecule has 1 aliphatic heterocycles. The summed E-state index contributed by atoms with van der Waals surface area (Å²) in [6.07, 6.45) is 3.25. The quantitative estimate of drug-likeness (QED) is 0.748. The van der Waals surface area contributed by atoms with Crippen LogP contribution in [0.25, 0.3) is 0 Å². The number of carbonyl (C=O) groups is 1. The van der Waals surface area contributed by atoms with Gasteiger partial charge in [-0.15, -0.1) is 0 Å². The maximum Gasteiger partial charge on any atom is 0.255 e. The fraction of sp³-hybridized carbons (Fsp3) is 0.381. The van der Waals surface area contributed by atoms with Gasteiger partial charge in [-0.05, 0) is 67.1 Å². The number of hydrogen-bond donors (Lipinski definition) is 1. The Kier molecular flexibility index (Phi) is 6.43. The maximum absolute atomic E-state index is 12.8. The number of sulfonamides is 1. The number of nitrogens with zero attached hydrogens (tertiary/aromatic N) is 1. The van der Waals surface area contributed by atoms with Crippen LogP contribution in [0.5, 0.6) is 0 Å². The van der Waals surface area contributed by atoms with Crippen LogP contribution in [0.2, 0.25) is 5.02 Å². The van der Waals surface area contributed by atoms with Crippen molar-refractivity contribution in [1.29, 1.82) is 0 Å². The Labute approximate surface area is 171 Å². The predicted octanol–water partition coefficient (Wildman–Crippen LogP) is 4.50. The third-order valence-electron chi connectivity index (χ3n) is 5.13. The van der Waals surface area contributed by atoms with E-state index >= 15 is 0 Å². The molecular weight excluding hydrogens is 396 g/mol. The molecule has 2 aromatic carbocycles. The van der Waals surface area contributed by atoms with Crippen molar-refractivity contribution in [1.82, 2.24) is 4.31 Å². The first-order chi connectivity index (χ1) is 13.4. The van der Waals surface area contributed by atoms with Gasteiger partial charge in [0.05, 0.1) is 4.90 Å². The SMILES string of the molecule is CCc1ccc(Cl)c(CC)c1NC(=O)c1ccc(S(=O)(=O)N2CCCC2)cc1. The van der Waals surface area contributed by atoms with Gasteiger partial charge in [-0.25, -0.2) is 8.42 Å². The molecule has 5 nitrogen and oxygen atoms in total. The van der Waals surface area contributed by atoms with Crippen LogP contribution in [0.15, 0.2) is 41.3 Å². The first-order valence-corrected chi connectivity index (χ1v) is 11.4. The lowest BCUT2D eigenvalue weighted by Crippen LogP contribution is -2.27. The Morgan fingerprint density at radius 2 is 1.68 bits per heavy atom. The lowest BCUT2D eigenvalue weighted by molar-refractivity contribution is 0.102. The van der Waals surface area contributed by atoms with E-state index in [0.29, 0.717) is 30.1 Å². The molecule has 1 N–H and O–H groups in total. The molecule has 1 fully saturated rings. The molecule has 1 heterocycles. The highest BCUT2D eigenvalue weighted by atomic mass is 35.5. The minimum absolute atomic E-state index is 0.220. The van der Waals surface area contributed by atoms with Crippen molar-refractivity contribution in [3.8, 4) is 0 Å². The van der Waals surface area contributed by atoms with Crippen LogP contribution in [0.3, 0.4) is 0 Å². The van der Waals surface area contributed by atoms with E-state index in [0.717, 1.165) is 36.1 Å². The van der Waals surface area contributed by atoms with Crippen LogP contribution in [-0.4, -0.2) is 31.7 Å². The number of aryl methyl sites for hydroxylation is 1. The highest BCUT2D eigenvalue weighted by Crippen LogP contribution is 2.30. The predicted molar refractivity (Wildman–Crippen MR) is 113 cm³/mol. The Morgan fingerprint density at radius 1 is 1.04 bits per heavy atom. The van der Waals surface area contributed by atoms with Crippen molar-refractivity contribution >= 4 is 33.2 Å². The summed E-state index contributed by atoms with van der Waals surface area (Å²) in [6.45, 7) is 5.13. The summed E-state index contributed by atoms with van der Waals surface area (Å²) in [6, 6.07) is 9.89. The average Bonchev–Trinajstić information content (AvgIpc) is 3.24. The Balaban J connectivity index is 1.84. The van der Waals surface area contributed by atoms with Crippen LogP contribution >= 0.6 is 11.6 Å². The molecule has 0 spiro atoms. The zero-order valence-electron chi connectivity index (χ0n) is 16.2. The fourth-order valence-electron chi connectivity index (χ4n) is 3.51. The van der Waals surface area contributed by atoms with Gasteiger partial charge < -0.3 is 5.32 Å². The summed E-state index contributed by atoms with van der Waals surface area (Å²) < 4.78 is 26.7. The standard InChI is InChI=1S/C21H25ClN2O3S/c1-3-15-9-12-19(22)18(4-2)20(15)23-21(25)16-7-10-17(11-8-16)28(26,27)24-13-5-6-14-24/h7-12H,3-6,13-14H2,1-2H3,(H,23,25). The number of hydrogen-bond acceptors (Lipinski definition) is 3. The van der Waals surface area contributed by atoms with Crippen LogP contribution < -0.4 is 5.32 Å². The third kappa shape index (κ3) is 4.09. The molecule has 0 bridgehead atoms. The number of benzene rings is 2. The summed E-state index contributed by atoms with van der Waals surface area (Å²) in [5.74, 6) is -0.281. The van der Waals surface area contributed by atoms with E-state index in [1.807, 2.05) is 26.0 Å². The topological polar surface area (TPSA) is 66.5 Å². The molecule has 1 saturated heterocycles. The average molecular weight is 421 g/mol. The van der Waals surface area contributed by atoms with Gasteiger partial charge >= 0.3 is 0 Å². The van der Waals surface area contributed by atoms with Crippen molar-refractivity contribution in [2.45, 2.75) is 44.4 Å². The van der Waals surface area contributed by atoms with Crippen LogP contribution in [-0.2, 0) is 22.9 Å². The van der Waals surface area contributed by atoms with E-state index in [9.17, 15) is 13.2 Å². The summed E-state index contributed by atoms with van der Waals surface area (Å²) in [4.78, 5) is 13.0. The Bertz CT molecular complexity index is 966. The summed E-state index contributed by atoms with van der Waals surface area (Å²) in [5.41, 5.74) is 3.08. The van der Waals surface area contributed by atoms with Crippen LogP contribution in [0.4, 0.5) is 5.69 Å². The molecule has 28 heavy (non-hydrogen) atoms. The monoisotopic (exact) mass is 420 g/mol. The number of amides is 1. The Morgan fingerprint density at radius 3 is 2.25 bits per heavy atom. The normalized spacial score (nSPS) is 15.0. The van der Waals surface area contributed by atoms with Crippen molar-refractivity contribution < 1.29 is 13.2 Å². The number of anilines is 1. The second kappa shape index (κ2) is 8.64. The van der Waals surface area contributed by atoms with Gasteiger partial charge in [-0.1, -0.05) is 31.5 Å². The van der Waals surface area contributed by atoms with Gasteiger partial charge in [0.1, 0.15) is 0 Å². The van der Waals surface area contributed by atoms with Crippen molar-refractivity contribution in [2.75, 3.05) is 18.4 Å². The van der Waals surface area contributed by atoms with E-state index in [1.165, 1.54) is 16.4 Å². The zero-order chi connectivity index (χ0) is 20.3. The smallest absolute Gasteiger partial charge is 0.255 e. The number of rotatable bonds is 6. The van der Waals surface area contributed by atoms with Gasteiger partial charge in [0.15, 0.2) is 0 Å². The number of carbonyl (C=O) groups excluding carboxylic acids is 1. The first-order valence-electron chi connectivity index (χ1n) is 9.60. The molecule has 150 valence electrons.